The highest BCUT2D eigenvalue weighted by Gasteiger charge is 2.22. The van der Waals surface area contributed by atoms with Gasteiger partial charge in [0.2, 0.25) is 0 Å². The van der Waals surface area contributed by atoms with Crippen LogP contribution in [-0.4, -0.2) is 19.7 Å². The standard InChI is InChI=1S/C11H11ClN4S/c1-6-3-10(14-7(2)13-6)16-11(12)8-4-17-5-9(8)15-16/h3H,4-5H2,1-2H3. The number of aryl methyl sites for hydroxylation is 2. The number of hydrogen-bond donors (Lipinski definition) is 0. The molecule has 0 aromatic carbocycles. The van der Waals surface area contributed by atoms with Crippen molar-refractivity contribution in [3.63, 3.8) is 0 Å². The topological polar surface area (TPSA) is 43.6 Å². The van der Waals surface area contributed by atoms with Crippen LogP contribution in [0.2, 0.25) is 5.15 Å². The average molecular weight is 267 g/mol. The summed E-state index contributed by atoms with van der Waals surface area (Å²) in [5.41, 5.74) is 3.15. The summed E-state index contributed by atoms with van der Waals surface area (Å²) in [6.07, 6.45) is 0. The van der Waals surface area contributed by atoms with Crippen LogP contribution in [0, 0.1) is 13.8 Å². The second-order valence-electron chi connectivity index (χ2n) is 4.04. The summed E-state index contributed by atoms with van der Waals surface area (Å²) in [5, 5.41) is 5.20. The third-order valence-electron chi connectivity index (χ3n) is 2.66. The van der Waals surface area contributed by atoms with E-state index in [1.165, 1.54) is 0 Å². The Morgan fingerprint density at radius 3 is 2.82 bits per heavy atom. The summed E-state index contributed by atoms with van der Waals surface area (Å²) in [4.78, 5) is 8.63. The molecule has 2 aromatic heterocycles. The van der Waals surface area contributed by atoms with Crippen molar-refractivity contribution < 1.29 is 0 Å². The molecule has 2 aromatic rings. The molecule has 0 unspecified atom stereocenters. The second-order valence-corrected chi connectivity index (χ2v) is 5.38. The molecule has 1 aliphatic heterocycles. The molecule has 3 rings (SSSR count). The van der Waals surface area contributed by atoms with E-state index in [1.54, 1.807) is 4.68 Å². The van der Waals surface area contributed by atoms with E-state index in [9.17, 15) is 0 Å². The molecule has 0 radical (unpaired) electrons. The molecular weight excluding hydrogens is 256 g/mol. The molecule has 17 heavy (non-hydrogen) atoms. The first-order chi connectivity index (χ1) is 8.15. The van der Waals surface area contributed by atoms with Crippen molar-refractivity contribution in [1.82, 2.24) is 19.7 Å². The third kappa shape index (κ3) is 1.83. The van der Waals surface area contributed by atoms with Crippen molar-refractivity contribution in [2.75, 3.05) is 0 Å². The van der Waals surface area contributed by atoms with E-state index >= 15 is 0 Å². The first-order valence-electron chi connectivity index (χ1n) is 5.32. The van der Waals surface area contributed by atoms with Crippen LogP contribution >= 0.6 is 23.4 Å². The van der Waals surface area contributed by atoms with Gasteiger partial charge in [-0.2, -0.15) is 16.9 Å². The van der Waals surface area contributed by atoms with E-state index in [1.807, 2.05) is 31.7 Å². The van der Waals surface area contributed by atoms with Gasteiger partial charge in [-0.05, 0) is 13.8 Å². The Balaban J connectivity index is 2.15. The van der Waals surface area contributed by atoms with Gasteiger partial charge < -0.3 is 0 Å². The van der Waals surface area contributed by atoms with Gasteiger partial charge in [-0.1, -0.05) is 11.6 Å². The molecular formula is C11H11ClN4S. The molecule has 6 heteroatoms. The van der Waals surface area contributed by atoms with Crippen LogP contribution in [-0.2, 0) is 11.5 Å². The number of fused-ring (bicyclic) bond motifs is 1. The molecule has 0 aliphatic carbocycles. The smallest absolute Gasteiger partial charge is 0.159 e. The molecule has 0 bridgehead atoms. The molecule has 0 fully saturated rings. The number of hydrogen-bond acceptors (Lipinski definition) is 4. The number of thioether (sulfide) groups is 1. The van der Waals surface area contributed by atoms with E-state index < -0.39 is 0 Å². The summed E-state index contributed by atoms with van der Waals surface area (Å²) < 4.78 is 1.72. The van der Waals surface area contributed by atoms with Crippen molar-refractivity contribution >= 4 is 23.4 Å². The Bertz CT molecular complexity index is 573. The predicted octanol–water partition coefficient (Wildman–Crippen LogP) is 2.68. The van der Waals surface area contributed by atoms with Crippen LogP contribution in [0.25, 0.3) is 5.82 Å². The first kappa shape index (κ1) is 11.0. The van der Waals surface area contributed by atoms with Gasteiger partial charge in [-0.25, -0.2) is 14.6 Å². The maximum Gasteiger partial charge on any atom is 0.159 e. The average Bonchev–Trinajstić information content (AvgIpc) is 2.80. The monoisotopic (exact) mass is 266 g/mol. The summed E-state index contributed by atoms with van der Waals surface area (Å²) in [7, 11) is 0. The van der Waals surface area contributed by atoms with E-state index in [4.69, 9.17) is 11.6 Å². The van der Waals surface area contributed by atoms with Crippen LogP contribution in [0.3, 0.4) is 0 Å². The zero-order valence-electron chi connectivity index (χ0n) is 9.57. The van der Waals surface area contributed by atoms with E-state index in [0.29, 0.717) is 5.15 Å². The van der Waals surface area contributed by atoms with Crippen molar-refractivity contribution in [3.05, 3.63) is 34.0 Å². The molecule has 3 heterocycles. The van der Waals surface area contributed by atoms with Crippen LogP contribution in [0.15, 0.2) is 6.07 Å². The Hall–Kier alpha value is -1.07. The fourth-order valence-corrected chi connectivity index (χ4v) is 3.35. The molecule has 0 saturated carbocycles. The maximum absolute atomic E-state index is 6.34. The van der Waals surface area contributed by atoms with Gasteiger partial charge in [0.15, 0.2) is 5.82 Å². The van der Waals surface area contributed by atoms with Gasteiger partial charge in [0.05, 0.1) is 5.69 Å². The Kier molecular flexibility index (Phi) is 2.60. The van der Waals surface area contributed by atoms with Crippen LogP contribution in [0.5, 0.6) is 0 Å². The number of halogens is 1. The minimum atomic E-state index is 0.683. The zero-order valence-corrected chi connectivity index (χ0v) is 11.1. The lowest BCUT2D eigenvalue weighted by Crippen LogP contribution is -2.04. The van der Waals surface area contributed by atoms with Gasteiger partial charge >= 0.3 is 0 Å². The number of aromatic nitrogens is 4. The maximum atomic E-state index is 6.34. The summed E-state index contributed by atoms with van der Waals surface area (Å²) in [5.74, 6) is 3.36. The number of nitrogens with zero attached hydrogens (tertiary/aromatic N) is 4. The van der Waals surface area contributed by atoms with Crippen molar-refractivity contribution in [2.45, 2.75) is 25.4 Å². The Labute approximate surface area is 108 Å². The Morgan fingerprint density at radius 1 is 1.29 bits per heavy atom. The van der Waals surface area contributed by atoms with E-state index in [-0.39, 0.29) is 0 Å². The van der Waals surface area contributed by atoms with E-state index in [2.05, 4.69) is 15.1 Å². The fraction of sp³-hybridized carbons (Fsp3) is 0.364. The highest BCUT2D eigenvalue weighted by molar-refractivity contribution is 7.98. The normalized spacial score (nSPS) is 14.1. The van der Waals surface area contributed by atoms with Crippen LogP contribution in [0.1, 0.15) is 22.8 Å². The quantitative estimate of drug-likeness (QED) is 0.796. The first-order valence-corrected chi connectivity index (χ1v) is 6.85. The van der Waals surface area contributed by atoms with Gasteiger partial charge in [-0.15, -0.1) is 0 Å². The van der Waals surface area contributed by atoms with Gasteiger partial charge in [0.1, 0.15) is 11.0 Å². The summed E-state index contributed by atoms with van der Waals surface area (Å²) in [6, 6.07) is 1.90. The van der Waals surface area contributed by atoms with Gasteiger partial charge in [0, 0.05) is 28.8 Å². The largest absolute Gasteiger partial charge is 0.238 e. The highest BCUT2D eigenvalue weighted by Crippen LogP contribution is 2.35. The van der Waals surface area contributed by atoms with Crippen molar-refractivity contribution in [1.29, 1.82) is 0 Å². The van der Waals surface area contributed by atoms with E-state index in [0.717, 1.165) is 40.1 Å². The minimum absolute atomic E-state index is 0.683. The summed E-state index contributed by atoms with van der Waals surface area (Å²) in [6.45, 7) is 3.82. The lowest BCUT2D eigenvalue weighted by atomic mass is 10.3. The molecule has 0 atom stereocenters. The zero-order chi connectivity index (χ0) is 12.0. The lowest BCUT2D eigenvalue weighted by molar-refractivity contribution is 0.809. The Morgan fingerprint density at radius 2 is 2.12 bits per heavy atom. The van der Waals surface area contributed by atoms with Crippen LogP contribution in [0.4, 0.5) is 0 Å². The summed E-state index contributed by atoms with van der Waals surface area (Å²) >= 11 is 8.18. The SMILES string of the molecule is Cc1cc(-n2nc3c(c2Cl)CSC3)nc(C)n1. The third-order valence-corrected chi connectivity index (χ3v) is 4.02. The van der Waals surface area contributed by atoms with Gasteiger partial charge in [0.25, 0.3) is 0 Å². The lowest BCUT2D eigenvalue weighted by Gasteiger charge is -2.05. The molecule has 88 valence electrons. The second kappa shape index (κ2) is 3.99. The number of rotatable bonds is 1. The molecule has 0 saturated heterocycles. The van der Waals surface area contributed by atoms with Crippen LogP contribution < -0.4 is 0 Å². The molecule has 0 N–H and O–H groups in total. The van der Waals surface area contributed by atoms with Gasteiger partial charge in [-0.3, -0.25) is 0 Å². The molecule has 0 amide bonds. The molecule has 1 aliphatic rings. The van der Waals surface area contributed by atoms with Crippen molar-refractivity contribution in [2.24, 2.45) is 0 Å². The fourth-order valence-electron chi connectivity index (χ4n) is 1.94. The molecule has 0 spiro atoms. The molecule has 4 nitrogen and oxygen atoms in total. The minimum Gasteiger partial charge on any atom is -0.238 e. The predicted molar refractivity (Wildman–Crippen MR) is 68.6 cm³/mol. The highest BCUT2D eigenvalue weighted by atomic mass is 35.5. The van der Waals surface area contributed by atoms with Crippen molar-refractivity contribution in [3.8, 4) is 5.82 Å².